The summed E-state index contributed by atoms with van der Waals surface area (Å²) >= 11 is 0. The van der Waals surface area contributed by atoms with Crippen LogP contribution in [0.15, 0.2) is 53.5 Å². The Labute approximate surface area is 171 Å². The average Bonchev–Trinajstić information content (AvgIpc) is 2.76. The van der Waals surface area contributed by atoms with Crippen molar-refractivity contribution in [3.63, 3.8) is 0 Å². The third kappa shape index (κ3) is 6.31. The van der Waals surface area contributed by atoms with Gasteiger partial charge in [0.1, 0.15) is 5.82 Å². The van der Waals surface area contributed by atoms with Crippen LogP contribution in [0.25, 0.3) is 0 Å². The third-order valence-electron chi connectivity index (χ3n) is 5.26. The fourth-order valence-electron chi connectivity index (χ4n) is 3.60. The first-order valence-corrected chi connectivity index (χ1v) is 10.2. The van der Waals surface area contributed by atoms with Crippen LogP contribution in [0, 0.1) is 11.7 Å². The largest absolute Gasteiger partial charge is 0.352 e. The van der Waals surface area contributed by atoms with Gasteiger partial charge >= 0.3 is 0 Å². The van der Waals surface area contributed by atoms with Gasteiger partial charge in [-0.05, 0) is 36.6 Å². The lowest BCUT2D eigenvalue weighted by molar-refractivity contribution is -0.120. The molecule has 154 valence electrons. The van der Waals surface area contributed by atoms with E-state index in [-0.39, 0.29) is 17.6 Å². The van der Waals surface area contributed by atoms with Crippen molar-refractivity contribution < 1.29 is 9.18 Å². The molecule has 0 atom stereocenters. The average molecular weight is 397 g/mol. The van der Waals surface area contributed by atoms with E-state index in [1.165, 1.54) is 12.5 Å². The fraction of sp³-hybridized carbons (Fsp3) is 0.391. The van der Waals surface area contributed by atoms with E-state index in [2.05, 4.69) is 20.9 Å². The van der Waals surface area contributed by atoms with Crippen LogP contribution >= 0.6 is 0 Å². The van der Waals surface area contributed by atoms with E-state index in [9.17, 15) is 9.18 Å². The number of hydrogen-bond acceptors (Lipinski definition) is 2. The molecule has 3 rings (SSSR count). The van der Waals surface area contributed by atoms with Crippen molar-refractivity contribution in [1.82, 2.24) is 10.6 Å². The van der Waals surface area contributed by atoms with Gasteiger partial charge in [-0.15, -0.1) is 0 Å². The molecular weight excluding hydrogens is 367 g/mol. The molecule has 0 radical (unpaired) electrons. The smallest absolute Gasteiger partial charge is 0.227 e. The topological polar surface area (TPSA) is 65.5 Å². The Balaban J connectivity index is 1.51. The van der Waals surface area contributed by atoms with Gasteiger partial charge in [0.2, 0.25) is 5.91 Å². The molecule has 0 unspecified atom stereocenters. The highest BCUT2D eigenvalue weighted by Crippen LogP contribution is 2.25. The zero-order chi connectivity index (χ0) is 20.5. The molecule has 1 saturated carbocycles. The molecule has 0 aromatic heterocycles. The Morgan fingerprint density at radius 2 is 1.79 bits per heavy atom. The zero-order valence-electron chi connectivity index (χ0n) is 16.9. The Bertz CT molecular complexity index is 846. The molecule has 0 aliphatic heterocycles. The van der Waals surface area contributed by atoms with Gasteiger partial charge in [-0.25, -0.2) is 4.39 Å². The summed E-state index contributed by atoms with van der Waals surface area (Å²) in [7, 11) is 1.68. The van der Waals surface area contributed by atoms with Crippen LogP contribution in [0.2, 0.25) is 0 Å². The van der Waals surface area contributed by atoms with Gasteiger partial charge in [-0.1, -0.05) is 49.6 Å². The molecule has 1 aliphatic rings. The van der Waals surface area contributed by atoms with Crippen molar-refractivity contribution >= 4 is 17.6 Å². The van der Waals surface area contributed by atoms with Crippen LogP contribution in [-0.2, 0) is 17.9 Å². The van der Waals surface area contributed by atoms with Crippen molar-refractivity contribution in [3.05, 3.63) is 65.5 Å². The van der Waals surface area contributed by atoms with Gasteiger partial charge < -0.3 is 16.0 Å². The number of hydrogen-bond donors (Lipinski definition) is 3. The summed E-state index contributed by atoms with van der Waals surface area (Å²) in [4.78, 5) is 16.6. The van der Waals surface area contributed by atoms with Gasteiger partial charge in [-0.3, -0.25) is 9.79 Å². The molecule has 0 saturated heterocycles. The van der Waals surface area contributed by atoms with E-state index in [4.69, 9.17) is 0 Å². The molecular formula is C23H29FN4O. The Kier molecular flexibility index (Phi) is 7.61. The minimum atomic E-state index is -0.239. The minimum absolute atomic E-state index is 0.122. The highest BCUT2D eigenvalue weighted by Gasteiger charge is 2.21. The lowest BCUT2D eigenvalue weighted by atomic mass is 9.88. The number of guanidine groups is 1. The molecule has 3 N–H and O–H groups in total. The molecule has 0 spiro atoms. The van der Waals surface area contributed by atoms with Crippen molar-refractivity contribution in [2.75, 3.05) is 12.4 Å². The number of aliphatic imine (C=N–C) groups is 1. The Morgan fingerprint density at radius 3 is 2.55 bits per heavy atom. The van der Waals surface area contributed by atoms with Gasteiger partial charge in [0.25, 0.3) is 0 Å². The molecule has 1 aliphatic carbocycles. The van der Waals surface area contributed by atoms with Crippen LogP contribution in [0.4, 0.5) is 10.1 Å². The summed E-state index contributed by atoms with van der Waals surface area (Å²) < 4.78 is 13.7. The summed E-state index contributed by atoms with van der Waals surface area (Å²) in [6.07, 6.45) is 5.48. The quantitative estimate of drug-likeness (QED) is 0.506. The standard InChI is InChI=1S/C23H29FN4O/c1-25-23(27-16-19-11-5-6-13-21(19)24)26-15-17-8-7-12-20(14-17)28-22(29)18-9-3-2-4-10-18/h5-8,11-14,18H,2-4,9-10,15-16H2,1H3,(H,28,29)(H2,25,26,27). The van der Waals surface area contributed by atoms with Crippen molar-refractivity contribution in [2.45, 2.75) is 45.2 Å². The second-order valence-corrected chi connectivity index (χ2v) is 7.40. The zero-order valence-corrected chi connectivity index (χ0v) is 16.9. The lowest BCUT2D eigenvalue weighted by Crippen LogP contribution is -2.36. The van der Waals surface area contributed by atoms with E-state index in [1.807, 2.05) is 30.3 Å². The maximum atomic E-state index is 13.7. The summed E-state index contributed by atoms with van der Waals surface area (Å²) in [5.41, 5.74) is 2.43. The fourth-order valence-corrected chi connectivity index (χ4v) is 3.60. The monoisotopic (exact) mass is 396 g/mol. The first-order valence-electron chi connectivity index (χ1n) is 10.2. The molecule has 5 nitrogen and oxygen atoms in total. The van der Waals surface area contributed by atoms with E-state index >= 15 is 0 Å². The number of rotatable bonds is 6. The van der Waals surface area contributed by atoms with Crippen molar-refractivity contribution in [2.24, 2.45) is 10.9 Å². The van der Waals surface area contributed by atoms with E-state index in [1.54, 1.807) is 19.2 Å². The number of anilines is 1. The van der Waals surface area contributed by atoms with Gasteiger partial charge in [0.05, 0.1) is 0 Å². The molecule has 0 heterocycles. The molecule has 29 heavy (non-hydrogen) atoms. The number of nitrogens with zero attached hydrogens (tertiary/aromatic N) is 1. The maximum absolute atomic E-state index is 13.7. The van der Waals surface area contributed by atoms with Crippen molar-refractivity contribution in [1.29, 1.82) is 0 Å². The van der Waals surface area contributed by atoms with E-state index in [0.717, 1.165) is 36.9 Å². The number of carbonyl (C=O) groups is 1. The van der Waals surface area contributed by atoms with Gasteiger partial charge in [0.15, 0.2) is 5.96 Å². The van der Waals surface area contributed by atoms with Crippen LogP contribution in [-0.4, -0.2) is 18.9 Å². The second-order valence-electron chi connectivity index (χ2n) is 7.40. The SMILES string of the molecule is CN=C(NCc1cccc(NC(=O)C2CCCCC2)c1)NCc1ccccc1F. The molecule has 6 heteroatoms. The number of benzene rings is 2. The normalized spacial score (nSPS) is 15.0. The van der Waals surface area contributed by atoms with Gasteiger partial charge in [-0.2, -0.15) is 0 Å². The third-order valence-corrected chi connectivity index (χ3v) is 5.26. The Hall–Kier alpha value is -2.89. The first kappa shape index (κ1) is 20.8. The maximum Gasteiger partial charge on any atom is 0.227 e. The van der Waals surface area contributed by atoms with Gasteiger partial charge in [0, 0.05) is 37.3 Å². The van der Waals surface area contributed by atoms with Crippen LogP contribution in [0.1, 0.15) is 43.2 Å². The highest BCUT2D eigenvalue weighted by molar-refractivity contribution is 5.92. The van der Waals surface area contributed by atoms with Crippen molar-refractivity contribution in [3.8, 4) is 0 Å². The lowest BCUT2D eigenvalue weighted by Gasteiger charge is -2.21. The van der Waals surface area contributed by atoms with E-state index in [0.29, 0.717) is 24.6 Å². The molecule has 0 bridgehead atoms. The second kappa shape index (κ2) is 10.6. The summed E-state index contributed by atoms with van der Waals surface area (Å²) in [5, 5.41) is 9.39. The van der Waals surface area contributed by atoms with Crippen LogP contribution in [0.5, 0.6) is 0 Å². The highest BCUT2D eigenvalue weighted by atomic mass is 19.1. The number of nitrogens with one attached hydrogen (secondary N) is 3. The van der Waals surface area contributed by atoms with E-state index < -0.39 is 0 Å². The van der Waals surface area contributed by atoms with Crippen LogP contribution in [0.3, 0.4) is 0 Å². The minimum Gasteiger partial charge on any atom is -0.352 e. The number of amides is 1. The van der Waals surface area contributed by atoms with Crippen LogP contribution < -0.4 is 16.0 Å². The number of carbonyl (C=O) groups excluding carboxylic acids is 1. The Morgan fingerprint density at radius 1 is 1.03 bits per heavy atom. The molecule has 1 fully saturated rings. The summed E-state index contributed by atoms with van der Waals surface area (Å²) in [6.45, 7) is 0.897. The summed E-state index contributed by atoms with van der Waals surface area (Å²) in [5.74, 6) is 0.603. The summed E-state index contributed by atoms with van der Waals surface area (Å²) in [6, 6.07) is 14.5. The molecule has 1 amide bonds. The number of halogens is 1. The molecule has 2 aromatic rings. The predicted octanol–water partition coefficient (Wildman–Crippen LogP) is 4.21. The molecule has 2 aromatic carbocycles. The predicted molar refractivity (Wildman–Crippen MR) is 115 cm³/mol. The first-order chi connectivity index (χ1) is 14.2.